The molecule has 0 radical (unpaired) electrons. The average Bonchev–Trinajstić information content (AvgIpc) is 3.05. The smallest absolute Gasteiger partial charge is 0.322 e. The van der Waals surface area contributed by atoms with Crippen LogP contribution in [0.3, 0.4) is 0 Å². The molecule has 0 amide bonds. The molecular weight excluding hydrogens is 332 g/mol. The molecular formula is C12H13ClN4O4S. The number of rotatable bonds is 3. The summed E-state index contributed by atoms with van der Waals surface area (Å²) in [6.07, 6.45) is 3.29. The Kier molecular flexibility index (Phi) is 3.58. The first-order valence-corrected chi connectivity index (χ1v) is 8.39. The standard InChI is InChI=1S/C12H13ClN4O4S/c1-7-10(13)11-14-5-8(6-16(11)15-7)22(20,21)17-4-2-3-9(17)12(18)19/h5-6,9H,2-4H2,1H3,(H,18,19). The molecule has 1 unspecified atom stereocenters. The predicted molar refractivity (Wildman–Crippen MR) is 77.3 cm³/mol. The van der Waals surface area contributed by atoms with Crippen LogP contribution < -0.4 is 0 Å². The molecule has 2 aromatic rings. The second-order valence-corrected chi connectivity index (χ2v) is 7.34. The molecule has 1 atom stereocenters. The number of hydrogen-bond acceptors (Lipinski definition) is 5. The van der Waals surface area contributed by atoms with Crippen LogP contribution >= 0.6 is 11.6 Å². The van der Waals surface area contributed by atoms with Crippen molar-refractivity contribution in [3.8, 4) is 0 Å². The number of aryl methyl sites for hydroxylation is 1. The summed E-state index contributed by atoms with van der Waals surface area (Å²) < 4.78 is 27.6. The average molecular weight is 345 g/mol. The van der Waals surface area contributed by atoms with Gasteiger partial charge in [0.05, 0.1) is 18.1 Å². The third-order valence-corrected chi connectivity index (χ3v) is 5.95. The fourth-order valence-corrected chi connectivity index (χ4v) is 4.31. The lowest BCUT2D eigenvalue weighted by molar-refractivity contribution is -0.140. The van der Waals surface area contributed by atoms with Gasteiger partial charge in [-0.1, -0.05) is 11.6 Å². The van der Waals surface area contributed by atoms with Crippen molar-refractivity contribution < 1.29 is 18.3 Å². The number of carboxylic acid groups (broad SMARTS) is 1. The summed E-state index contributed by atoms with van der Waals surface area (Å²) >= 11 is 6.02. The molecule has 1 saturated heterocycles. The second kappa shape index (κ2) is 5.18. The molecule has 3 rings (SSSR count). The van der Waals surface area contributed by atoms with Gasteiger partial charge in [0.1, 0.15) is 16.0 Å². The van der Waals surface area contributed by atoms with E-state index < -0.39 is 22.0 Å². The van der Waals surface area contributed by atoms with Crippen LogP contribution in [-0.2, 0) is 14.8 Å². The minimum atomic E-state index is -3.94. The number of carbonyl (C=O) groups is 1. The van der Waals surface area contributed by atoms with E-state index in [4.69, 9.17) is 16.7 Å². The Morgan fingerprint density at radius 2 is 2.23 bits per heavy atom. The summed E-state index contributed by atoms with van der Waals surface area (Å²) in [5.74, 6) is -1.15. The molecule has 0 spiro atoms. The Morgan fingerprint density at radius 3 is 2.91 bits per heavy atom. The van der Waals surface area contributed by atoms with E-state index in [1.165, 1.54) is 16.9 Å². The quantitative estimate of drug-likeness (QED) is 0.888. The number of aromatic nitrogens is 3. The van der Waals surface area contributed by atoms with Crippen molar-refractivity contribution in [2.45, 2.75) is 30.7 Å². The molecule has 1 fully saturated rings. The molecule has 0 aliphatic carbocycles. The molecule has 118 valence electrons. The van der Waals surface area contributed by atoms with Gasteiger partial charge in [-0.3, -0.25) is 4.79 Å². The highest BCUT2D eigenvalue weighted by molar-refractivity contribution is 7.89. The van der Waals surface area contributed by atoms with E-state index in [0.717, 1.165) is 4.31 Å². The van der Waals surface area contributed by atoms with Crippen LogP contribution in [0, 0.1) is 6.92 Å². The van der Waals surface area contributed by atoms with Crippen molar-refractivity contribution in [1.82, 2.24) is 18.9 Å². The number of carboxylic acids is 1. The van der Waals surface area contributed by atoms with E-state index in [1.54, 1.807) is 6.92 Å². The molecule has 1 aliphatic heterocycles. The molecule has 22 heavy (non-hydrogen) atoms. The normalized spacial score (nSPS) is 19.8. The zero-order valence-electron chi connectivity index (χ0n) is 11.6. The summed E-state index contributed by atoms with van der Waals surface area (Å²) in [6, 6.07) is -1.04. The monoisotopic (exact) mass is 344 g/mol. The van der Waals surface area contributed by atoms with Crippen LogP contribution in [0.4, 0.5) is 0 Å². The van der Waals surface area contributed by atoms with Crippen molar-refractivity contribution in [2.24, 2.45) is 0 Å². The highest BCUT2D eigenvalue weighted by Crippen LogP contribution is 2.27. The molecule has 10 heteroatoms. The van der Waals surface area contributed by atoms with Crippen LogP contribution in [0.1, 0.15) is 18.5 Å². The third kappa shape index (κ3) is 2.25. The van der Waals surface area contributed by atoms with Crippen LogP contribution in [0.15, 0.2) is 17.3 Å². The first-order chi connectivity index (χ1) is 10.3. The van der Waals surface area contributed by atoms with E-state index in [2.05, 4.69) is 10.1 Å². The maximum absolute atomic E-state index is 12.6. The number of aliphatic carboxylic acids is 1. The third-order valence-electron chi connectivity index (χ3n) is 3.65. The lowest BCUT2D eigenvalue weighted by Gasteiger charge is -2.20. The first-order valence-electron chi connectivity index (χ1n) is 6.57. The van der Waals surface area contributed by atoms with Gasteiger partial charge in [0.2, 0.25) is 10.0 Å². The van der Waals surface area contributed by atoms with Crippen LogP contribution in [0.5, 0.6) is 0 Å². The maximum Gasteiger partial charge on any atom is 0.322 e. The van der Waals surface area contributed by atoms with Gasteiger partial charge in [-0.25, -0.2) is 17.9 Å². The van der Waals surface area contributed by atoms with Crippen molar-refractivity contribution in [2.75, 3.05) is 6.54 Å². The van der Waals surface area contributed by atoms with E-state index in [1.807, 2.05) is 0 Å². The van der Waals surface area contributed by atoms with Crippen LogP contribution in [0.25, 0.3) is 5.65 Å². The molecule has 3 heterocycles. The van der Waals surface area contributed by atoms with Gasteiger partial charge in [0.25, 0.3) is 0 Å². The number of halogens is 1. The summed E-state index contributed by atoms with van der Waals surface area (Å²) in [7, 11) is -3.94. The Balaban J connectivity index is 2.07. The second-order valence-electron chi connectivity index (χ2n) is 5.07. The van der Waals surface area contributed by atoms with Gasteiger partial charge in [0.15, 0.2) is 5.65 Å². The van der Waals surface area contributed by atoms with E-state index in [0.29, 0.717) is 29.2 Å². The van der Waals surface area contributed by atoms with E-state index >= 15 is 0 Å². The van der Waals surface area contributed by atoms with Crippen molar-refractivity contribution in [3.63, 3.8) is 0 Å². The van der Waals surface area contributed by atoms with E-state index in [-0.39, 0.29) is 11.4 Å². The Labute approximate surface area is 131 Å². The number of sulfonamides is 1. The maximum atomic E-state index is 12.6. The summed E-state index contributed by atoms with van der Waals surface area (Å²) in [6.45, 7) is 1.86. The minimum Gasteiger partial charge on any atom is -0.480 e. The van der Waals surface area contributed by atoms with E-state index in [9.17, 15) is 13.2 Å². The molecule has 1 N–H and O–H groups in total. The number of hydrogen-bond donors (Lipinski definition) is 1. The molecule has 8 nitrogen and oxygen atoms in total. The predicted octanol–water partition coefficient (Wildman–Crippen LogP) is 0.929. The molecule has 2 aromatic heterocycles. The van der Waals surface area contributed by atoms with Crippen LogP contribution in [0.2, 0.25) is 5.02 Å². The molecule has 0 saturated carbocycles. The van der Waals surface area contributed by atoms with Gasteiger partial charge in [-0.2, -0.15) is 9.40 Å². The highest BCUT2D eigenvalue weighted by atomic mass is 35.5. The van der Waals surface area contributed by atoms with Gasteiger partial charge >= 0.3 is 5.97 Å². The van der Waals surface area contributed by atoms with Gasteiger partial charge in [-0.15, -0.1) is 0 Å². The lowest BCUT2D eigenvalue weighted by Crippen LogP contribution is -2.40. The topological polar surface area (TPSA) is 105 Å². The Bertz CT molecular complexity index is 863. The zero-order valence-corrected chi connectivity index (χ0v) is 13.2. The summed E-state index contributed by atoms with van der Waals surface area (Å²) in [4.78, 5) is 15.1. The highest BCUT2D eigenvalue weighted by Gasteiger charge is 2.39. The summed E-state index contributed by atoms with van der Waals surface area (Å²) in [5, 5.41) is 13.6. The SMILES string of the molecule is Cc1nn2cc(S(=O)(=O)N3CCCC3C(=O)O)cnc2c1Cl. The van der Waals surface area contributed by atoms with Crippen molar-refractivity contribution in [1.29, 1.82) is 0 Å². The van der Waals surface area contributed by atoms with Crippen LogP contribution in [-0.4, -0.2) is 51.0 Å². The Hall–Kier alpha value is -1.71. The molecule has 0 aromatic carbocycles. The van der Waals surface area contributed by atoms with Gasteiger partial charge < -0.3 is 5.11 Å². The minimum absolute atomic E-state index is 0.104. The molecule has 0 bridgehead atoms. The summed E-state index contributed by atoms with van der Waals surface area (Å²) in [5.41, 5.74) is 0.891. The van der Waals surface area contributed by atoms with Crippen molar-refractivity contribution in [3.05, 3.63) is 23.1 Å². The van der Waals surface area contributed by atoms with Crippen molar-refractivity contribution >= 4 is 33.2 Å². The number of fused-ring (bicyclic) bond motifs is 1. The van der Waals surface area contributed by atoms with Gasteiger partial charge in [-0.05, 0) is 19.8 Å². The lowest BCUT2D eigenvalue weighted by atomic mass is 10.2. The first kappa shape index (κ1) is 15.2. The largest absolute Gasteiger partial charge is 0.480 e. The fraction of sp³-hybridized carbons (Fsp3) is 0.417. The Morgan fingerprint density at radius 1 is 1.50 bits per heavy atom. The number of nitrogens with zero attached hydrogens (tertiary/aromatic N) is 4. The zero-order chi connectivity index (χ0) is 16.1. The molecule has 1 aliphatic rings. The fourth-order valence-electron chi connectivity index (χ4n) is 2.54. The van der Waals surface area contributed by atoms with Gasteiger partial charge in [0, 0.05) is 6.54 Å².